The van der Waals surface area contributed by atoms with Gasteiger partial charge in [-0.25, -0.2) is 19.9 Å². The van der Waals surface area contributed by atoms with Crippen LogP contribution in [0.3, 0.4) is 0 Å². The molecule has 260 valence electrons. The zero-order chi connectivity index (χ0) is 36.8. The maximum absolute atomic E-state index is 6.57. The van der Waals surface area contributed by atoms with Gasteiger partial charge in [-0.3, -0.25) is 0 Å². The molecule has 5 heteroatoms. The van der Waals surface area contributed by atoms with Crippen LogP contribution in [0.2, 0.25) is 0 Å². The summed E-state index contributed by atoms with van der Waals surface area (Å²) in [7, 11) is 0. The summed E-state index contributed by atoms with van der Waals surface area (Å²) in [5, 5.41) is 1.93. The first-order valence-corrected chi connectivity index (χ1v) is 18.9. The Balaban J connectivity index is 1.11. The largest absolute Gasteiger partial charge is 0.435 e. The summed E-state index contributed by atoms with van der Waals surface area (Å²) in [6, 6.07) is 63.9. The average molecular weight is 715 g/mol. The number of rotatable bonds is 4. The Bertz CT molecular complexity index is 3140. The molecule has 56 heavy (non-hydrogen) atoms. The summed E-state index contributed by atoms with van der Waals surface area (Å²) >= 11 is 0. The van der Waals surface area contributed by atoms with Gasteiger partial charge in [0.15, 0.2) is 23.1 Å². The van der Waals surface area contributed by atoms with Gasteiger partial charge < -0.3 is 4.42 Å². The second kappa shape index (κ2) is 11.7. The van der Waals surface area contributed by atoms with E-state index in [0.29, 0.717) is 28.9 Å². The number of oxazole rings is 1. The summed E-state index contributed by atoms with van der Waals surface area (Å²) in [6.45, 7) is 0. The third kappa shape index (κ3) is 4.31. The molecule has 0 unspecified atom stereocenters. The summed E-state index contributed by atoms with van der Waals surface area (Å²) in [4.78, 5) is 20.6. The van der Waals surface area contributed by atoms with Crippen LogP contribution in [-0.2, 0) is 5.41 Å². The molecule has 0 atom stereocenters. The lowest BCUT2D eigenvalue weighted by Gasteiger charge is -2.30. The van der Waals surface area contributed by atoms with Crippen LogP contribution >= 0.6 is 0 Å². The molecule has 0 bridgehead atoms. The number of hydrogen-bond acceptors (Lipinski definition) is 5. The van der Waals surface area contributed by atoms with Crippen molar-refractivity contribution in [2.24, 2.45) is 0 Å². The van der Waals surface area contributed by atoms with Crippen LogP contribution < -0.4 is 0 Å². The fourth-order valence-corrected chi connectivity index (χ4v) is 9.22. The van der Waals surface area contributed by atoms with Crippen molar-refractivity contribution in [2.75, 3.05) is 0 Å². The Morgan fingerprint density at radius 1 is 0.357 bits per heavy atom. The van der Waals surface area contributed by atoms with Crippen molar-refractivity contribution in [1.82, 2.24) is 19.9 Å². The second-order valence-electron chi connectivity index (χ2n) is 14.5. The van der Waals surface area contributed by atoms with Crippen molar-refractivity contribution < 1.29 is 4.42 Å². The van der Waals surface area contributed by atoms with Crippen LogP contribution in [0.25, 0.3) is 89.7 Å². The first kappa shape index (κ1) is 30.9. The molecule has 2 aliphatic rings. The van der Waals surface area contributed by atoms with E-state index >= 15 is 0 Å². The van der Waals surface area contributed by atoms with Crippen molar-refractivity contribution in [3.05, 3.63) is 204 Å². The van der Waals surface area contributed by atoms with Crippen molar-refractivity contribution in [1.29, 1.82) is 0 Å². The van der Waals surface area contributed by atoms with Gasteiger partial charge in [-0.1, -0.05) is 158 Å². The molecule has 2 heterocycles. The van der Waals surface area contributed by atoms with Gasteiger partial charge in [-0.05, 0) is 74.2 Å². The predicted molar refractivity (Wildman–Crippen MR) is 223 cm³/mol. The second-order valence-corrected chi connectivity index (χ2v) is 14.5. The van der Waals surface area contributed by atoms with Crippen LogP contribution in [-0.4, -0.2) is 19.9 Å². The Kier molecular flexibility index (Phi) is 6.48. The van der Waals surface area contributed by atoms with Gasteiger partial charge in [0.2, 0.25) is 5.89 Å². The minimum absolute atomic E-state index is 0.475. The van der Waals surface area contributed by atoms with E-state index in [9.17, 15) is 0 Å². The molecule has 5 nitrogen and oxygen atoms in total. The minimum atomic E-state index is -0.475. The number of fused-ring (bicyclic) bond motifs is 13. The maximum Gasteiger partial charge on any atom is 0.227 e. The summed E-state index contributed by atoms with van der Waals surface area (Å²) < 4.78 is 6.57. The molecule has 0 saturated heterocycles. The molecule has 0 amide bonds. The third-order valence-corrected chi connectivity index (χ3v) is 11.6. The number of nitrogens with zero attached hydrogens (tertiary/aromatic N) is 4. The van der Waals surface area contributed by atoms with E-state index in [1.54, 1.807) is 0 Å². The van der Waals surface area contributed by atoms with Crippen LogP contribution in [0.5, 0.6) is 0 Å². The molecule has 0 saturated carbocycles. The molecule has 0 aliphatic heterocycles. The standard InChI is InChI=1S/C51H30N4O/c1-3-14-32(15-4-1)47-53-48(55-49(54-47)39-22-13-18-31-27-29-44-46(45(31)39)56-50(52-44)33-16-5-2-6-17-33)34-26-28-38-37-21-9-12-25-42(37)51(43(38)30-34)40-23-10-7-19-35(40)36-20-8-11-24-41(36)51/h1-30H. The van der Waals surface area contributed by atoms with Gasteiger partial charge in [0.1, 0.15) is 5.52 Å². The Hall–Kier alpha value is -7.50. The Morgan fingerprint density at radius 3 is 1.55 bits per heavy atom. The topological polar surface area (TPSA) is 64.7 Å². The quantitative estimate of drug-likeness (QED) is 0.182. The summed E-state index contributed by atoms with van der Waals surface area (Å²) in [5.74, 6) is 2.36. The summed E-state index contributed by atoms with van der Waals surface area (Å²) in [5.41, 5.74) is 14.8. The van der Waals surface area contributed by atoms with E-state index in [-0.39, 0.29) is 0 Å². The van der Waals surface area contributed by atoms with Gasteiger partial charge >= 0.3 is 0 Å². The highest BCUT2D eigenvalue weighted by molar-refractivity contribution is 6.10. The van der Waals surface area contributed by atoms with E-state index in [2.05, 4.69) is 115 Å². The van der Waals surface area contributed by atoms with E-state index in [1.165, 1.54) is 44.5 Å². The monoisotopic (exact) mass is 714 g/mol. The van der Waals surface area contributed by atoms with Gasteiger partial charge in [0.05, 0.1) is 5.41 Å². The molecule has 8 aromatic carbocycles. The Labute approximate surface area is 322 Å². The molecule has 12 rings (SSSR count). The molecule has 2 aromatic heterocycles. The lowest BCUT2D eigenvalue weighted by Crippen LogP contribution is -2.25. The first-order valence-electron chi connectivity index (χ1n) is 18.9. The van der Waals surface area contributed by atoms with E-state index in [4.69, 9.17) is 24.4 Å². The van der Waals surface area contributed by atoms with Crippen molar-refractivity contribution in [3.8, 4) is 67.9 Å². The molecule has 0 fully saturated rings. The van der Waals surface area contributed by atoms with Gasteiger partial charge in [-0.15, -0.1) is 0 Å². The number of aromatic nitrogens is 4. The van der Waals surface area contributed by atoms with E-state index in [0.717, 1.165) is 38.5 Å². The van der Waals surface area contributed by atoms with Crippen molar-refractivity contribution in [2.45, 2.75) is 5.41 Å². The highest BCUT2D eigenvalue weighted by Crippen LogP contribution is 2.63. The van der Waals surface area contributed by atoms with E-state index in [1.807, 2.05) is 66.7 Å². The number of benzene rings is 8. The van der Waals surface area contributed by atoms with Crippen LogP contribution in [0.4, 0.5) is 0 Å². The average Bonchev–Trinajstić information content (AvgIpc) is 3.94. The first-order chi connectivity index (χ1) is 27.8. The van der Waals surface area contributed by atoms with Gasteiger partial charge in [0, 0.05) is 27.6 Å². The normalized spacial score (nSPS) is 13.1. The highest BCUT2D eigenvalue weighted by atomic mass is 16.3. The molecule has 1 spiro atoms. The van der Waals surface area contributed by atoms with Crippen molar-refractivity contribution >= 4 is 21.9 Å². The fraction of sp³-hybridized carbons (Fsp3) is 0.0196. The summed E-state index contributed by atoms with van der Waals surface area (Å²) in [6.07, 6.45) is 0. The molecular formula is C51H30N4O. The maximum atomic E-state index is 6.57. The lowest BCUT2D eigenvalue weighted by atomic mass is 9.70. The van der Waals surface area contributed by atoms with E-state index < -0.39 is 5.41 Å². The number of hydrogen-bond donors (Lipinski definition) is 0. The van der Waals surface area contributed by atoms with Crippen LogP contribution in [0.1, 0.15) is 22.3 Å². The molecule has 0 radical (unpaired) electrons. The smallest absolute Gasteiger partial charge is 0.227 e. The van der Waals surface area contributed by atoms with Crippen molar-refractivity contribution in [3.63, 3.8) is 0 Å². The molecule has 10 aromatic rings. The molecule has 0 N–H and O–H groups in total. The fourth-order valence-electron chi connectivity index (χ4n) is 9.22. The predicted octanol–water partition coefficient (Wildman–Crippen LogP) is 12.2. The SMILES string of the molecule is c1ccc(-c2nc(-c3ccc4c(c3)C3(c5ccccc5-c5ccccc53)c3ccccc3-4)nc(-c3cccc4ccc5nc(-c6ccccc6)oc5c34)n2)cc1. The highest BCUT2D eigenvalue weighted by Gasteiger charge is 2.51. The van der Waals surface area contributed by atoms with Crippen LogP contribution in [0.15, 0.2) is 186 Å². The lowest BCUT2D eigenvalue weighted by molar-refractivity contribution is 0.623. The Morgan fingerprint density at radius 2 is 0.893 bits per heavy atom. The zero-order valence-electron chi connectivity index (χ0n) is 30.0. The molecular weight excluding hydrogens is 685 g/mol. The van der Waals surface area contributed by atoms with Crippen LogP contribution in [0, 0.1) is 0 Å². The molecule has 2 aliphatic carbocycles. The minimum Gasteiger partial charge on any atom is -0.435 e. The van der Waals surface area contributed by atoms with Gasteiger partial charge in [0.25, 0.3) is 0 Å². The third-order valence-electron chi connectivity index (χ3n) is 11.6. The van der Waals surface area contributed by atoms with Gasteiger partial charge in [-0.2, -0.15) is 0 Å². The zero-order valence-corrected chi connectivity index (χ0v) is 30.0.